The van der Waals surface area contributed by atoms with Crippen molar-refractivity contribution in [3.63, 3.8) is 0 Å². The van der Waals surface area contributed by atoms with Crippen LogP contribution in [0.4, 0.5) is 0 Å². The minimum Gasteiger partial charge on any atom is -0.306 e. The molecule has 0 aliphatic heterocycles. The molecular formula is C24H21BrN6O. The van der Waals surface area contributed by atoms with Gasteiger partial charge >= 0.3 is 0 Å². The summed E-state index contributed by atoms with van der Waals surface area (Å²) in [7, 11) is 0. The average molecular weight is 489 g/mol. The van der Waals surface area contributed by atoms with Gasteiger partial charge in [0.2, 0.25) is 0 Å². The highest BCUT2D eigenvalue weighted by molar-refractivity contribution is 9.10. The van der Waals surface area contributed by atoms with E-state index in [0.717, 1.165) is 32.8 Å². The highest BCUT2D eigenvalue weighted by atomic mass is 79.9. The Hall–Kier alpha value is -3.26. The summed E-state index contributed by atoms with van der Waals surface area (Å²) in [6.07, 6.45) is 12.8. The number of halogens is 1. The first-order chi connectivity index (χ1) is 15.6. The van der Waals surface area contributed by atoms with E-state index in [1.54, 1.807) is 17.2 Å². The minimum absolute atomic E-state index is 0.0662. The normalized spacial score (nSPS) is 13.9. The van der Waals surface area contributed by atoms with Crippen molar-refractivity contribution in [1.29, 1.82) is 0 Å². The first-order valence-electron chi connectivity index (χ1n) is 10.8. The number of carbonyl (C=O) groups excluding carboxylic acids is 1. The van der Waals surface area contributed by atoms with Crippen LogP contribution in [0.3, 0.4) is 0 Å². The van der Waals surface area contributed by atoms with E-state index in [4.69, 9.17) is 0 Å². The number of aryl methyl sites for hydroxylation is 1. The molecule has 1 aliphatic rings. The molecule has 0 amide bonds. The number of ketones is 1. The van der Waals surface area contributed by atoms with E-state index in [2.05, 4.69) is 49.3 Å². The SMILES string of the molecule is O=C(CCc1ncn2ccc(Br)cc12)c1cnn(Cc2cc3cc(C4CC4)ccn3n2)c1. The molecule has 1 aliphatic carbocycles. The van der Waals surface area contributed by atoms with Crippen LogP contribution < -0.4 is 0 Å². The summed E-state index contributed by atoms with van der Waals surface area (Å²) < 4.78 is 6.64. The second-order valence-corrected chi connectivity index (χ2v) is 9.33. The Bertz CT molecular complexity index is 1460. The lowest BCUT2D eigenvalue weighted by Crippen LogP contribution is -2.03. The van der Waals surface area contributed by atoms with E-state index in [-0.39, 0.29) is 5.78 Å². The zero-order valence-corrected chi connectivity index (χ0v) is 18.9. The number of rotatable bonds is 7. The largest absolute Gasteiger partial charge is 0.306 e. The molecule has 0 saturated heterocycles. The third kappa shape index (κ3) is 3.75. The van der Waals surface area contributed by atoms with Crippen LogP contribution in [-0.4, -0.2) is 34.6 Å². The monoisotopic (exact) mass is 488 g/mol. The molecule has 5 aromatic rings. The molecule has 7 nitrogen and oxygen atoms in total. The fourth-order valence-corrected chi connectivity index (χ4v) is 4.49. The fraction of sp³-hybridized carbons (Fsp3) is 0.250. The molecule has 8 heteroatoms. The molecule has 5 heterocycles. The van der Waals surface area contributed by atoms with Crippen molar-refractivity contribution in [2.45, 2.75) is 38.1 Å². The van der Waals surface area contributed by atoms with E-state index < -0.39 is 0 Å². The highest BCUT2D eigenvalue weighted by Crippen LogP contribution is 2.40. The van der Waals surface area contributed by atoms with E-state index in [1.807, 2.05) is 39.6 Å². The van der Waals surface area contributed by atoms with Gasteiger partial charge in [-0.25, -0.2) is 9.50 Å². The number of Topliss-reactive ketones (excluding diaryl/α,β-unsaturated/α-hetero) is 1. The Morgan fingerprint density at radius 2 is 2.06 bits per heavy atom. The van der Waals surface area contributed by atoms with Crippen LogP contribution in [-0.2, 0) is 13.0 Å². The summed E-state index contributed by atoms with van der Waals surface area (Å²) in [6.45, 7) is 0.535. The summed E-state index contributed by atoms with van der Waals surface area (Å²) in [5.41, 5.74) is 5.98. The minimum atomic E-state index is 0.0662. The van der Waals surface area contributed by atoms with Crippen LogP contribution in [0.5, 0.6) is 0 Å². The van der Waals surface area contributed by atoms with E-state index in [9.17, 15) is 4.79 Å². The Labute approximate surface area is 192 Å². The van der Waals surface area contributed by atoms with Gasteiger partial charge in [0.25, 0.3) is 0 Å². The number of imidazole rings is 1. The zero-order chi connectivity index (χ0) is 21.7. The lowest BCUT2D eigenvalue weighted by Gasteiger charge is -2.00. The van der Waals surface area contributed by atoms with E-state index in [0.29, 0.717) is 24.9 Å². The summed E-state index contributed by atoms with van der Waals surface area (Å²) in [5.74, 6) is 0.788. The third-order valence-electron chi connectivity index (χ3n) is 6.04. The molecular weight excluding hydrogens is 468 g/mol. The molecule has 0 aromatic carbocycles. The average Bonchev–Trinajstić information content (AvgIpc) is 3.21. The molecule has 0 unspecified atom stereocenters. The number of nitrogens with zero attached hydrogens (tertiary/aromatic N) is 6. The zero-order valence-electron chi connectivity index (χ0n) is 17.4. The van der Waals surface area contributed by atoms with Gasteiger partial charge in [0.1, 0.15) is 0 Å². The summed E-state index contributed by atoms with van der Waals surface area (Å²) in [4.78, 5) is 17.2. The number of pyridine rings is 2. The Morgan fingerprint density at radius 3 is 2.94 bits per heavy atom. The molecule has 1 saturated carbocycles. The molecule has 160 valence electrons. The molecule has 0 radical (unpaired) electrons. The second kappa shape index (κ2) is 7.70. The Balaban J connectivity index is 1.13. The topological polar surface area (TPSA) is 69.5 Å². The molecule has 6 rings (SSSR count). The van der Waals surface area contributed by atoms with Crippen molar-refractivity contribution in [1.82, 2.24) is 28.8 Å². The maximum Gasteiger partial charge on any atom is 0.166 e. The number of aromatic nitrogens is 6. The van der Waals surface area contributed by atoms with Crippen molar-refractivity contribution in [2.24, 2.45) is 0 Å². The first kappa shape index (κ1) is 19.4. The number of fused-ring (bicyclic) bond motifs is 2. The van der Waals surface area contributed by atoms with Crippen molar-refractivity contribution in [3.8, 4) is 0 Å². The van der Waals surface area contributed by atoms with Crippen LogP contribution >= 0.6 is 15.9 Å². The second-order valence-electron chi connectivity index (χ2n) is 8.42. The van der Waals surface area contributed by atoms with Gasteiger partial charge in [0.05, 0.1) is 47.1 Å². The quantitative estimate of drug-likeness (QED) is 0.312. The smallest absolute Gasteiger partial charge is 0.166 e. The molecule has 32 heavy (non-hydrogen) atoms. The van der Waals surface area contributed by atoms with Crippen molar-refractivity contribution < 1.29 is 4.79 Å². The van der Waals surface area contributed by atoms with Crippen LogP contribution in [0, 0.1) is 0 Å². The van der Waals surface area contributed by atoms with Crippen LogP contribution in [0.1, 0.15) is 52.5 Å². The summed E-state index contributed by atoms with van der Waals surface area (Å²) in [6, 6.07) is 10.5. The number of carbonyl (C=O) groups is 1. The van der Waals surface area contributed by atoms with Crippen molar-refractivity contribution in [2.75, 3.05) is 0 Å². The molecule has 0 N–H and O–H groups in total. The standard InChI is InChI=1S/C24H21BrN6O/c25-19-6-7-29-15-26-22(23(29)10-19)3-4-24(32)18-12-27-30(13-18)14-20-11-21-9-17(16-1-2-16)5-8-31(21)28-20/h5-13,15-16H,1-4,14H2. The van der Waals surface area contributed by atoms with Gasteiger partial charge in [-0.15, -0.1) is 0 Å². The number of hydrogen-bond acceptors (Lipinski definition) is 4. The molecule has 1 fully saturated rings. The van der Waals surface area contributed by atoms with Gasteiger partial charge in [0, 0.05) is 29.5 Å². The number of hydrogen-bond donors (Lipinski definition) is 0. The predicted molar refractivity (Wildman–Crippen MR) is 124 cm³/mol. The first-order valence-corrected chi connectivity index (χ1v) is 11.6. The Morgan fingerprint density at radius 1 is 1.16 bits per heavy atom. The maximum atomic E-state index is 12.7. The highest BCUT2D eigenvalue weighted by Gasteiger charge is 2.23. The summed E-state index contributed by atoms with van der Waals surface area (Å²) in [5, 5.41) is 9.03. The van der Waals surface area contributed by atoms with Gasteiger partial charge in [-0.05, 0) is 61.1 Å². The van der Waals surface area contributed by atoms with Crippen molar-refractivity contribution in [3.05, 3.63) is 88.4 Å². The van der Waals surface area contributed by atoms with E-state index in [1.165, 1.54) is 18.4 Å². The van der Waals surface area contributed by atoms with Crippen LogP contribution in [0.25, 0.3) is 11.0 Å². The molecule has 0 atom stereocenters. The molecule has 0 bridgehead atoms. The van der Waals surface area contributed by atoms with Gasteiger partial charge in [-0.2, -0.15) is 10.2 Å². The van der Waals surface area contributed by atoms with Crippen LogP contribution in [0.2, 0.25) is 0 Å². The van der Waals surface area contributed by atoms with Gasteiger partial charge in [-0.1, -0.05) is 15.9 Å². The third-order valence-corrected chi connectivity index (χ3v) is 6.53. The molecule has 5 aromatic heterocycles. The van der Waals surface area contributed by atoms with Gasteiger partial charge in [0.15, 0.2) is 5.78 Å². The summed E-state index contributed by atoms with van der Waals surface area (Å²) >= 11 is 3.50. The predicted octanol–water partition coefficient (Wildman–Crippen LogP) is 4.68. The van der Waals surface area contributed by atoms with E-state index >= 15 is 0 Å². The lowest BCUT2D eigenvalue weighted by molar-refractivity contribution is 0.0982. The molecule has 0 spiro atoms. The lowest BCUT2D eigenvalue weighted by atomic mass is 10.1. The van der Waals surface area contributed by atoms with Gasteiger partial charge in [-0.3, -0.25) is 9.48 Å². The van der Waals surface area contributed by atoms with Crippen molar-refractivity contribution >= 4 is 32.7 Å². The van der Waals surface area contributed by atoms with Gasteiger partial charge < -0.3 is 4.40 Å². The van der Waals surface area contributed by atoms with Crippen LogP contribution in [0.15, 0.2) is 65.9 Å². The Kier molecular flexibility index (Phi) is 4.68. The maximum absolute atomic E-state index is 12.7. The fourth-order valence-electron chi connectivity index (χ4n) is 4.16.